The monoisotopic (exact) mass is 413 g/mol. The largest absolute Gasteiger partial charge is 0.497 e. The summed E-state index contributed by atoms with van der Waals surface area (Å²) in [5.41, 5.74) is 6.41. The van der Waals surface area contributed by atoms with Gasteiger partial charge in [0, 0.05) is 11.1 Å². The zero-order chi connectivity index (χ0) is 20.3. The Bertz CT molecular complexity index is 1020. The van der Waals surface area contributed by atoms with E-state index in [1.54, 1.807) is 30.3 Å². The molecule has 2 aromatic rings. The predicted molar refractivity (Wildman–Crippen MR) is 109 cm³/mol. The first-order valence-electron chi connectivity index (χ1n) is 8.28. The maximum Gasteiger partial charge on any atom is 0.262 e. The summed E-state index contributed by atoms with van der Waals surface area (Å²) in [6.07, 6.45) is 0.352. The highest BCUT2D eigenvalue weighted by Gasteiger charge is 2.40. The minimum Gasteiger partial charge on any atom is -0.497 e. The van der Waals surface area contributed by atoms with Gasteiger partial charge in [0.1, 0.15) is 22.4 Å². The van der Waals surface area contributed by atoms with Crippen molar-refractivity contribution in [1.29, 1.82) is 5.26 Å². The molecular formula is C20H16ClN3O3S. The summed E-state index contributed by atoms with van der Waals surface area (Å²) in [7, 11) is 1.51. The Morgan fingerprint density at radius 1 is 1.32 bits per heavy atom. The number of thioether (sulfide) groups is 1. The van der Waals surface area contributed by atoms with E-state index in [0.29, 0.717) is 22.9 Å². The number of nitrogens with zero attached hydrogens (tertiary/aromatic N) is 2. The van der Waals surface area contributed by atoms with Gasteiger partial charge in [-0.25, -0.2) is 0 Å². The lowest BCUT2D eigenvalue weighted by Gasteiger charge is -2.19. The van der Waals surface area contributed by atoms with Crippen LogP contribution in [0.5, 0.6) is 5.75 Å². The molecule has 1 aliphatic heterocycles. The Labute approximate surface area is 171 Å². The Morgan fingerprint density at radius 2 is 2.07 bits per heavy atom. The Morgan fingerprint density at radius 3 is 2.71 bits per heavy atom. The van der Waals surface area contributed by atoms with Crippen LogP contribution in [0.2, 0.25) is 5.02 Å². The smallest absolute Gasteiger partial charge is 0.262 e. The number of methoxy groups -OCH3 is 1. The molecule has 0 saturated carbocycles. The topological polar surface area (TPSA) is 96.4 Å². The third-order valence-corrected chi connectivity index (χ3v) is 5.83. The molecule has 0 radical (unpaired) electrons. The van der Waals surface area contributed by atoms with E-state index in [0.717, 1.165) is 17.3 Å². The highest BCUT2D eigenvalue weighted by atomic mass is 35.5. The molecule has 6 nitrogen and oxygen atoms in total. The van der Waals surface area contributed by atoms with Gasteiger partial charge >= 0.3 is 0 Å². The number of halogens is 1. The van der Waals surface area contributed by atoms with Gasteiger partial charge in [-0.1, -0.05) is 47.6 Å². The van der Waals surface area contributed by atoms with Gasteiger partial charge in [0.15, 0.2) is 0 Å². The number of primary amides is 1. The Balaban J connectivity index is 2.06. The zero-order valence-corrected chi connectivity index (χ0v) is 16.5. The van der Waals surface area contributed by atoms with Gasteiger partial charge in [-0.15, -0.1) is 0 Å². The van der Waals surface area contributed by atoms with E-state index in [9.17, 15) is 14.9 Å². The number of benzene rings is 2. The van der Waals surface area contributed by atoms with Crippen LogP contribution >= 0.6 is 23.4 Å². The summed E-state index contributed by atoms with van der Waals surface area (Å²) >= 11 is 7.36. The minimum absolute atomic E-state index is 0.213. The van der Waals surface area contributed by atoms with Crippen molar-refractivity contribution in [2.45, 2.75) is 11.7 Å². The molecular weight excluding hydrogens is 398 g/mol. The number of carbonyl (C=O) groups is 2. The van der Waals surface area contributed by atoms with Gasteiger partial charge in [0.2, 0.25) is 5.91 Å². The van der Waals surface area contributed by atoms with E-state index >= 15 is 0 Å². The number of amides is 2. The van der Waals surface area contributed by atoms with Crippen LogP contribution in [-0.4, -0.2) is 24.2 Å². The first-order chi connectivity index (χ1) is 13.5. The molecule has 28 heavy (non-hydrogen) atoms. The number of nitriles is 1. The summed E-state index contributed by atoms with van der Waals surface area (Å²) in [5, 5.41) is 9.64. The van der Waals surface area contributed by atoms with Crippen molar-refractivity contribution in [3.63, 3.8) is 0 Å². The molecule has 0 bridgehead atoms. The lowest BCUT2D eigenvalue weighted by molar-refractivity contribution is -0.117. The van der Waals surface area contributed by atoms with Crippen molar-refractivity contribution in [2.75, 3.05) is 12.0 Å². The molecule has 1 atom stereocenters. The second kappa shape index (κ2) is 8.38. The molecule has 3 rings (SSSR count). The van der Waals surface area contributed by atoms with Crippen molar-refractivity contribution in [1.82, 2.24) is 0 Å². The standard InChI is InChI=1S/C20H16ClN3O3S/c1-27-14-7-4-6-13(10-14)24-19(26)17(9-12-5-2-3-8-16(12)21)28-20(24)15(11-22)18(23)25/h2-8,10,17H,9H2,1H3,(H2,23,25)/b20-15+/t17-/m1/s1. The van der Waals surface area contributed by atoms with Gasteiger partial charge in [-0.3, -0.25) is 14.5 Å². The second-order valence-electron chi connectivity index (χ2n) is 5.93. The molecule has 0 aromatic heterocycles. The average Bonchev–Trinajstić information content (AvgIpc) is 3.00. The molecule has 1 saturated heterocycles. The van der Waals surface area contributed by atoms with Crippen molar-refractivity contribution in [3.05, 3.63) is 69.7 Å². The third kappa shape index (κ3) is 3.84. The van der Waals surface area contributed by atoms with Crippen LogP contribution in [0.15, 0.2) is 59.1 Å². The molecule has 8 heteroatoms. The van der Waals surface area contributed by atoms with Gasteiger partial charge in [-0.2, -0.15) is 5.26 Å². The van der Waals surface area contributed by atoms with Crippen molar-refractivity contribution in [2.24, 2.45) is 5.73 Å². The van der Waals surface area contributed by atoms with E-state index in [2.05, 4.69) is 0 Å². The zero-order valence-electron chi connectivity index (χ0n) is 14.9. The summed E-state index contributed by atoms with van der Waals surface area (Å²) in [6, 6.07) is 15.9. The average molecular weight is 414 g/mol. The SMILES string of the molecule is COc1cccc(N2C(=O)[C@@H](Cc3ccccc3Cl)S/C2=C(\C#N)C(N)=O)c1. The van der Waals surface area contributed by atoms with E-state index in [4.69, 9.17) is 22.1 Å². The van der Waals surface area contributed by atoms with Crippen molar-refractivity contribution < 1.29 is 14.3 Å². The molecule has 2 N–H and O–H groups in total. The van der Waals surface area contributed by atoms with E-state index in [1.807, 2.05) is 24.3 Å². The normalized spacial score (nSPS) is 18.0. The number of anilines is 1. The van der Waals surface area contributed by atoms with E-state index < -0.39 is 11.2 Å². The number of carbonyl (C=O) groups excluding carboxylic acids is 2. The molecule has 2 amide bonds. The molecule has 0 unspecified atom stereocenters. The number of nitrogens with two attached hydrogens (primary N) is 1. The molecule has 142 valence electrons. The first-order valence-corrected chi connectivity index (χ1v) is 9.54. The number of rotatable bonds is 5. The molecule has 1 heterocycles. The Hall–Kier alpha value is -2.95. The van der Waals surface area contributed by atoms with Crippen molar-refractivity contribution in [3.8, 4) is 11.8 Å². The summed E-state index contributed by atoms with van der Waals surface area (Å²) in [5.74, 6) is -0.604. The van der Waals surface area contributed by atoms with Gasteiger partial charge in [0.25, 0.3) is 5.91 Å². The lowest BCUT2D eigenvalue weighted by Crippen LogP contribution is -2.31. The maximum atomic E-state index is 13.2. The number of hydrogen-bond donors (Lipinski definition) is 1. The van der Waals surface area contributed by atoms with Gasteiger partial charge in [0.05, 0.1) is 18.0 Å². The lowest BCUT2D eigenvalue weighted by atomic mass is 10.1. The number of ether oxygens (including phenoxy) is 1. The van der Waals surface area contributed by atoms with Crippen LogP contribution in [-0.2, 0) is 16.0 Å². The quantitative estimate of drug-likeness (QED) is 0.599. The maximum absolute atomic E-state index is 13.2. The fourth-order valence-corrected chi connectivity index (χ4v) is 4.36. The van der Waals surface area contributed by atoms with Crippen LogP contribution in [0.25, 0.3) is 0 Å². The molecule has 1 fully saturated rings. The second-order valence-corrected chi connectivity index (χ2v) is 7.53. The van der Waals surface area contributed by atoms with Crippen LogP contribution < -0.4 is 15.4 Å². The van der Waals surface area contributed by atoms with E-state index in [-0.39, 0.29) is 16.5 Å². The van der Waals surface area contributed by atoms with E-state index in [1.165, 1.54) is 12.0 Å². The summed E-state index contributed by atoms with van der Waals surface area (Å²) < 4.78 is 5.22. The predicted octanol–water partition coefficient (Wildman–Crippen LogP) is 3.26. The molecule has 2 aromatic carbocycles. The molecule has 1 aliphatic rings. The third-order valence-electron chi connectivity index (χ3n) is 4.20. The molecule has 0 aliphatic carbocycles. The molecule has 0 spiro atoms. The van der Waals surface area contributed by atoms with Crippen LogP contribution in [0, 0.1) is 11.3 Å². The first kappa shape index (κ1) is 19.8. The Kier molecular flexibility index (Phi) is 5.93. The highest BCUT2D eigenvalue weighted by Crippen LogP contribution is 2.42. The summed E-state index contributed by atoms with van der Waals surface area (Å²) in [6.45, 7) is 0. The highest BCUT2D eigenvalue weighted by molar-refractivity contribution is 8.05. The van der Waals surface area contributed by atoms with Crippen LogP contribution in [0.1, 0.15) is 5.56 Å². The minimum atomic E-state index is -0.885. The van der Waals surface area contributed by atoms with Crippen LogP contribution in [0.3, 0.4) is 0 Å². The van der Waals surface area contributed by atoms with Crippen LogP contribution in [0.4, 0.5) is 5.69 Å². The van der Waals surface area contributed by atoms with Gasteiger partial charge < -0.3 is 10.5 Å². The number of hydrogen-bond acceptors (Lipinski definition) is 5. The fraction of sp³-hybridized carbons (Fsp3) is 0.150. The summed E-state index contributed by atoms with van der Waals surface area (Å²) in [4.78, 5) is 26.3. The fourth-order valence-electron chi connectivity index (χ4n) is 2.85. The van der Waals surface area contributed by atoms with Crippen molar-refractivity contribution >= 4 is 40.9 Å². The van der Waals surface area contributed by atoms with Gasteiger partial charge in [-0.05, 0) is 30.2 Å².